The fourth-order valence-electron chi connectivity index (χ4n) is 2.51. The zero-order chi connectivity index (χ0) is 21.1. The third-order valence-corrected chi connectivity index (χ3v) is 4.03. The molecule has 152 valence electrons. The molecule has 2 aromatic rings. The first-order chi connectivity index (χ1) is 14.0. The van der Waals surface area contributed by atoms with E-state index >= 15 is 0 Å². The van der Waals surface area contributed by atoms with Gasteiger partial charge >= 0.3 is 6.09 Å². The van der Waals surface area contributed by atoms with Gasteiger partial charge in [-0.2, -0.15) is 5.26 Å². The average Bonchev–Trinajstić information content (AvgIpc) is 2.72. The van der Waals surface area contributed by atoms with Crippen molar-refractivity contribution in [3.05, 3.63) is 60.7 Å². The minimum absolute atomic E-state index is 0.442. The van der Waals surface area contributed by atoms with Crippen molar-refractivity contribution < 1.29 is 19.4 Å². The lowest BCUT2D eigenvalue weighted by molar-refractivity contribution is 0.154. The second-order valence-corrected chi connectivity index (χ2v) is 6.37. The molecule has 2 aromatic carbocycles. The van der Waals surface area contributed by atoms with E-state index in [0.717, 1.165) is 17.1 Å². The van der Waals surface area contributed by atoms with Crippen LogP contribution in [0.5, 0.6) is 11.5 Å². The zero-order valence-electron chi connectivity index (χ0n) is 16.4. The van der Waals surface area contributed by atoms with E-state index in [0.29, 0.717) is 43.9 Å². The fraction of sp³-hybridized carbons (Fsp3) is 0.273. The molecule has 0 bridgehead atoms. The Kier molecular flexibility index (Phi) is 8.39. The van der Waals surface area contributed by atoms with E-state index in [2.05, 4.69) is 18.0 Å². The average molecular weight is 395 g/mol. The van der Waals surface area contributed by atoms with Crippen molar-refractivity contribution in [3.8, 4) is 17.6 Å². The number of nitriles is 1. The lowest BCUT2D eigenvalue weighted by Gasteiger charge is -2.13. The molecule has 7 nitrogen and oxygen atoms in total. The van der Waals surface area contributed by atoms with Gasteiger partial charge in [0.15, 0.2) is 0 Å². The normalized spacial score (nSPS) is 9.93. The van der Waals surface area contributed by atoms with E-state index in [1.807, 2.05) is 30.3 Å². The third-order valence-electron chi connectivity index (χ3n) is 4.03. The molecular weight excluding hydrogens is 370 g/mol. The molecule has 0 aliphatic rings. The van der Waals surface area contributed by atoms with E-state index in [1.165, 1.54) is 11.9 Å². The highest BCUT2D eigenvalue weighted by atomic mass is 16.5. The number of nitrogens with one attached hydrogen (secondary N) is 1. The Labute approximate surface area is 170 Å². The molecule has 0 atom stereocenters. The summed E-state index contributed by atoms with van der Waals surface area (Å²) in [6.45, 7) is 4.96. The highest BCUT2D eigenvalue weighted by Crippen LogP contribution is 2.25. The van der Waals surface area contributed by atoms with E-state index in [1.54, 1.807) is 18.2 Å². The van der Waals surface area contributed by atoms with Gasteiger partial charge in [0.25, 0.3) is 0 Å². The fourth-order valence-corrected chi connectivity index (χ4v) is 2.51. The number of carboxylic acid groups (broad SMARTS) is 1. The van der Waals surface area contributed by atoms with Crippen molar-refractivity contribution in [2.45, 2.75) is 12.8 Å². The molecule has 29 heavy (non-hydrogen) atoms. The van der Waals surface area contributed by atoms with Crippen LogP contribution < -0.4 is 14.8 Å². The Bertz CT molecular complexity index is 859. The van der Waals surface area contributed by atoms with Gasteiger partial charge in [-0.1, -0.05) is 12.7 Å². The van der Waals surface area contributed by atoms with Crippen molar-refractivity contribution >= 4 is 17.5 Å². The highest BCUT2D eigenvalue weighted by Gasteiger charge is 2.06. The van der Waals surface area contributed by atoms with Crippen molar-refractivity contribution in [1.82, 2.24) is 4.90 Å². The summed E-state index contributed by atoms with van der Waals surface area (Å²) in [4.78, 5) is 12.0. The number of carbonyl (C=O) groups is 1. The van der Waals surface area contributed by atoms with Crippen LogP contribution in [0.1, 0.15) is 18.4 Å². The first-order valence-electron chi connectivity index (χ1n) is 9.24. The molecule has 0 unspecified atom stereocenters. The third kappa shape index (κ3) is 7.46. The first-order valence-corrected chi connectivity index (χ1v) is 9.24. The van der Waals surface area contributed by atoms with Gasteiger partial charge in [-0.05, 0) is 49.2 Å². The molecule has 0 saturated heterocycles. The second-order valence-electron chi connectivity index (χ2n) is 6.37. The molecule has 0 radical (unpaired) electrons. The molecule has 0 aliphatic heterocycles. The monoisotopic (exact) mass is 395 g/mol. The highest BCUT2D eigenvalue weighted by molar-refractivity contribution is 5.64. The van der Waals surface area contributed by atoms with Crippen molar-refractivity contribution in [3.63, 3.8) is 0 Å². The maximum absolute atomic E-state index is 10.8. The van der Waals surface area contributed by atoms with E-state index in [4.69, 9.17) is 14.6 Å². The topological polar surface area (TPSA) is 94.8 Å². The number of benzene rings is 2. The molecule has 7 heteroatoms. The predicted octanol–water partition coefficient (Wildman–Crippen LogP) is 4.64. The summed E-state index contributed by atoms with van der Waals surface area (Å²) in [5.41, 5.74) is 2.08. The lowest BCUT2D eigenvalue weighted by atomic mass is 10.2. The molecule has 0 fully saturated rings. The van der Waals surface area contributed by atoms with Gasteiger partial charge in [0.05, 0.1) is 18.2 Å². The molecule has 0 heterocycles. The summed E-state index contributed by atoms with van der Waals surface area (Å²) in [6, 6.07) is 14.9. The van der Waals surface area contributed by atoms with Crippen molar-refractivity contribution in [2.75, 3.05) is 32.1 Å². The van der Waals surface area contributed by atoms with Gasteiger partial charge in [0.2, 0.25) is 0 Å². The summed E-state index contributed by atoms with van der Waals surface area (Å²) in [7, 11) is 1.54. The van der Waals surface area contributed by atoms with Crippen LogP contribution in [-0.4, -0.2) is 42.9 Å². The number of ether oxygens (including phenoxy) is 2. The number of hydrogen-bond donors (Lipinski definition) is 2. The number of amides is 1. The molecule has 2 N–H and O–H groups in total. The Morgan fingerprint density at radius 2 is 1.93 bits per heavy atom. The summed E-state index contributed by atoms with van der Waals surface area (Å²) < 4.78 is 11.2. The zero-order valence-corrected chi connectivity index (χ0v) is 16.4. The Hall–Kier alpha value is -3.66. The predicted molar refractivity (Wildman–Crippen MR) is 112 cm³/mol. The van der Waals surface area contributed by atoms with Gasteiger partial charge in [-0.15, -0.1) is 0 Å². The molecule has 0 spiro atoms. The largest absolute Gasteiger partial charge is 0.493 e. The molecule has 0 saturated carbocycles. The van der Waals surface area contributed by atoms with Gasteiger partial charge in [0, 0.05) is 31.0 Å². The minimum Gasteiger partial charge on any atom is -0.493 e. The van der Waals surface area contributed by atoms with Crippen LogP contribution in [0.2, 0.25) is 0 Å². The van der Waals surface area contributed by atoms with Gasteiger partial charge < -0.3 is 24.8 Å². The number of anilines is 2. The quantitative estimate of drug-likeness (QED) is 0.425. The Morgan fingerprint density at radius 3 is 2.59 bits per heavy atom. The van der Waals surface area contributed by atoms with Gasteiger partial charge in [-0.3, -0.25) is 0 Å². The minimum atomic E-state index is -0.941. The first kappa shape index (κ1) is 21.6. The smallest absolute Gasteiger partial charge is 0.407 e. The molecule has 1 amide bonds. The molecular formula is C22H25N3O4. The van der Waals surface area contributed by atoms with Gasteiger partial charge in [0.1, 0.15) is 18.1 Å². The van der Waals surface area contributed by atoms with Crippen LogP contribution in [0.25, 0.3) is 0 Å². The van der Waals surface area contributed by atoms with Crippen LogP contribution in [-0.2, 0) is 0 Å². The van der Waals surface area contributed by atoms with Crippen LogP contribution in [0.15, 0.2) is 55.1 Å². The van der Waals surface area contributed by atoms with Crippen LogP contribution >= 0.6 is 0 Å². The summed E-state index contributed by atoms with van der Waals surface area (Å²) in [6.07, 6.45) is 2.16. The molecule has 2 rings (SSSR count). The van der Waals surface area contributed by atoms with E-state index in [-0.39, 0.29) is 0 Å². The van der Waals surface area contributed by atoms with E-state index < -0.39 is 6.09 Å². The lowest BCUT2D eigenvalue weighted by Crippen LogP contribution is -2.25. The maximum atomic E-state index is 10.8. The summed E-state index contributed by atoms with van der Waals surface area (Å²) in [5.74, 6) is 1.34. The summed E-state index contributed by atoms with van der Waals surface area (Å²) >= 11 is 0. The standard InChI is InChI=1S/C22H25N3O4/c1-3-11-28-20-8-6-18(7-9-20)24-19-13-17(16-23)14-21(15-19)29-12-5-4-10-25(2)22(26)27/h3,6-9,13-15,24H,1,4-5,10-12H2,2H3,(H,26,27). The molecule has 0 aliphatic carbocycles. The van der Waals surface area contributed by atoms with Crippen molar-refractivity contribution in [1.29, 1.82) is 5.26 Å². The number of hydrogen-bond acceptors (Lipinski definition) is 5. The van der Waals surface area contributed by atoms with Crippen LogP contribution in [0.4, 0.5) is 16.2 Å². The number of nitrogens with zero attached hydrogens (tertiary/aromatic N) is 2. The van der Waals surface area contributed by atoms with Crippen molar-refractivity contribution in [2.24, 2.45) is 0 Å². The molecule has 0 aromatic heterocycles. The number of unbranched alkanes of at least 4 members (excludes halogenated alkanes) is 1. The summed E-state index contributed by atoms with van der Waals surface area (Å²) in [5, 5.41) is 21.4. The maximum Gasteiger partial charge on any atom is 0.407 e. The SMILES string of the molecule is C=CCOc1ccc(Nc2cc(C#N)cc(OCCCCN(C)C(=O)O)c2)cc1. The van der Waals surface area contributed by atoms with Crippen LogP contribution in [0.3, 0.4) is 0 Å². The van der Waals surface area contributed by atoms with Crippen LogP contribution in [0, 0.1) is 11.3 Å². The van der Waals surface area contributed by atoms with Gasteiger partial charge in [-0.25, -0.2) is 4.79 Å². The Balaban J connectivity index is 1.93. The second kappa shape index (κ2) is 11.2. The Morgan fingerprint density at radius 1 is 1.17 bits per heavy atom. The van der Waals surface area contributed by atoms with E-state index in [9.17, 15) is 10.1 Å². The number of rotatable bonds is 11.